The fourth-order valence-corrected chi connectivity index (χ4v) is 3.70. The molecule has 1 heterocycles. The molecule has 1 aliphatic heterocycles. The Morgan fingerprint density at radius 3 is 2.54 bits per heavy atom. The molecule has 0 aromatic heterocycles. The Bertz CT molecular complexity index is 641. The number of amides is 1. The summed E-state index contributed by atoms with van der Waals surface area (Å²) in [5.74, 6) is -1.60. The van der Waals surface area contributed by atoms with Crippen molar-refractivity contribution in [1.29, 1.82) is 0 Å². The second kappa shape index (κ2) is 7.57. The lowest BCUT2D eigenvalue weighted by atomic mass is 9.98. The molecular formula is C17H21ClF2N2O2. The molecule has 132 valence electrons. The van der Waals surface area contributed by atoms with Crippen molar-refractivity contribution in [2.45, 2.75) is 31.7 Å². The third-order valence-electron chi connectivity index (χ3n) is 5.07. The largest absolute Gasteiger partial charge is 0.342 e. The third kappa shape index (κ3) is 3.75. The maximum atomic E-state index is 13.1. The number of nitrogens with zero attached hydrogens (tertiary/aromatic N) is 1. The van der Waals surface area contributed by atoms with E-state index in [-0.39, 0.29) is 48.5 Å². The summed E-state index contributed by atoms with van der Waals surface area (Å²) < 4.78 is 26.0. The highest BCUT2D eigenvalue weighted by molar-refractivity contribution is 5.98. The van der Waals surface area contributed by atoms with Crippen LogP contribution in [0.4, 0.5) is 8.78 Å². The highest BCUT2D eigenvalue weighted by atomic mass is 35.5. The van der Waals surface area contributed by atoms with Crippen molar-refractivity contribution in [1.82, 2.24) is 4.90 Å². The topological polar surface area (TPSA) is 63.4 Å². The third-order valence-corrected chi connectivity index (χ3v) is 5.07. The van der Waals surface area contributed by atoms with Gasteiger partial charge in [0.05, 0.1) is 0 Å². The number of likely N-dealkylation sites (tertiary alicyclic amines) is 1. The predicted octanol–water partition coefficient (Wildman–Crippen LogP) is 2.55. The van der Waals surface area contributed by atoms with Gasteiger partial charge in [-0.25, -0.2) is 8.78 Å². The minimum absolute atomic E-state index is 0. The van der Waals surface area contributed by atoms with Crippen LogP contribution in [-0.2, 0) is 4.79 Å². The molecule has 1 aliphatic carbocycles. The van der Waals surface area contributed by atoms with Gasteiger partial charge in [0.15, 0.2) is 17.4 Å². The molecule has 24 heavy (non-hydrogen) atoms. The lowest BCUT2D eigenvalue weighted by molar-refractivity contribution is -0.130. The van der Waals surface area contributed by atoms with Gasteiger partial charge in [0.2, 0.25) is 5.91 Å². The van der Waals surface area contributed by atoms with E-state index < -0.39 is 11.6 Å². The Hall–Kier alpha value is -1.53. The van der Waals surface area contributed by atoms with Crippen LogP contribution in [0.3, 0.4) is 0 Å². The predicted molar refractivity (Wildman–Crippen MR) is 87.9 cm³/mol. The minimum atomic E-state index is -1.05. The average Bonchev–Trinajstić information content (AvgIpc) is 3.10. The monoisotopic (exact) mass is 358 g/mol. The number of carbonyl (C=O) groups excluding carboxylic acids is 2. The smallest absolute Gasteiger partial charge is 0.223 e. The quantitative estimate of drug-likeness (QED) is 0.841. The van der Waals surface area contributed by atoms with Gasteiger partial charge in [-0.2, -0.15) is 0 Å². The molecule has 0 radical (unpaired) electrons. The number of hydrogen-bond donors (Lipinski definition) is 1. The molecule has 0 bridgehead atoms. The Morgan fingerprint density at radius 2 is 1.88 bits per heavy atom. The SMILES string of the molecule is Cl.NC1CCC2CN(C(=O)CCC(=O)c3ccc(F)c(F)c3)CC12. The van der Waals surface area contributed by atoms with E-state index in [1.807, 2.05) is 0 Å². The number of fused-ring (bicyclic) bond motifs is 1. The van der Waals surface area contributed by atoms with Crippen molar-refractivity contribution in [2.75, 3.05) is 13.1 Å². The molecule has 4 nitrogen and oxygen atoms in total. The van der Waals surface area contributed by atoms with Crippen LogP contribution in [0.1, 0.15) is 36.0 Å². The highest BCUT2D eigenvalue weighted by Gasteiger charge is 2.42. The molecular weight excluding hydrogens is 338 g/mol. The summed E-state index contributed by atoms with van der Waals surface area (Å²) in [4.78, 5) is 26.0. The lowest BCUT2D eigenvalue weighted by Crippen LogP contribution is -2.33. The normalized spacial score (nSPS) is 25.3. The van der Waals surface area contributed by atoms with Crippen molar-refractivity contribution in [2.24, 2.45) is 17.6 Å². The molecule has 1 saturated carbocycles. The first-order valence-corrected chi connectivity index (χ1v) is 7.97. The number of hydrogen-bond acceptors (Lipinski definition) is 3. The van der Waals surface area contributed by atoms with Crippen LogP contribution >= 0.6 is 12.4 Å². The first-order valence-electron chi connectivity index (χ1n) is 7.97. The standard InChI is InChI=1S/C17H20F2N2O2.ClH/c18-13-3-1-10(7-14(13)19)16(22)5-6-17(23)21-8-11-2-4-15(20)12(11)9-21;/h1,3,7,11-12,15H,2,4-6,8-9,20H2;1H. The second-order valence-electron chi connectivity index (χ2n) is 6.52. The van der Waals surface area contributed by atoms with E-state index in [9.17, 15) is 18.4 Å². The maximum Gasteiger partial charge on any atom is 0.223 e. The van der Waals surface area contributed by atoms with Crippen molar-refractivity contribution in [3.63, 3.8) is 0 Å². The van der Waals surface area contributed by atoms with Crippen molar-refractivity contribution in [3.05, 3.63) is 35.4 Å². The second-order valence-corrected chi connectivity index (χ2v) is 6.52. The van der Waals surface area contributed by atoms with Crippen LogP contribution in [0.15, 0.2) is 18.2 Å². The van der Waals surface area contributed by atoms with Gasteiger partial charge in [-0.15, -0.1) is 12.4 Å². The van der Waals surface area contributed by atoms with Gasteiger partial charge in [0.1, 0.15) is 0 Å². The minimum Gasteiger partial charge on any atom is -0.342 e. The fraction of sp³-hybridized carbons (Fsp3) is 0.529. The molecule has 1 aromatic carbocycles. The zero-order valence-corrected chi connectivity index (χ0v) is 14.0. The summed E-state index contributed by atoms with van der Waals surface area (Å²) in [5, 5.41) is 0. The van der Waals surface area contributed by atoms with E-state index in [1.54, 1.807) is 4.90 Å². The summed E-state index contributed by atoms with van der Waals surface area (Å²) >= 11 is 0. The van der Waals surface area contributed by atoms with Crippen LogP contribution in [0, 0.1) is 23.5 Å². The zero-order valence-electron chi connectivity index (χ0n) is 13.2. The van der Waals surface area contributed by atoms with Crippen LogP contribution in [0.2, 0.25) is 0 Å². The average molecular weight is 359 g/mol. The van der Waals surface area contributed by atoms with Gasteiger partial charge in [-0.1, -0.05) is 0 Å². The number of Topliss-reactive ketones (excluding diaryl/α,β-unsaturated/α-hetero) is 1. The van der Waals surface area contributed by atoms with E-state index in [0.29, 0.717) is 18.4 Å². The van der Waals surface area contributed by atoms with E-state index in [4.69, 9.17) is 5.73 Å². The van der Waals surface area contributed by atoms with Crippen molar-refractivity contribution >= 4 is 24.1 Å². The van der Waals surface area contributed by atoms with Crippen LogP contribution in [-0.4, -0.2) is 35.7 Å². The molecule has 1 aromatic rings. The molecule has 2 aliphatic rings. The zero-order chi connectivity index (χ0) is 16.6. The van der Waals surface area contributed by atoms with E-state index in [0.717, 1.165) is 31.5 Å². The Balaban J connectivity index is 0.00000208. The number of rotatable bonds is 4. The molecule has 1 amide bonds. The molecule has 3 unspecified atom stereocenters. The van der Waals surface area contributed by atoms with Gasteiger partial charge < -0.3 is 10.6 Å². The molecule has 1 saturated heterocycles. The Kier molecular flexibility index (Phi) is 5.93. The van der Waals surface area contributed by atoms with E-state index >= 15 is 0 Å². The molecule has 2 fully saturated rings. The van der Waals surface area contributed by atoms with E-state index in [2.05, 4.69) is 0 Å². The highest BCUT2D eigenvalue weighted by Crippen LogP contribution is 2.37. The first kappa shape index (κ1) is 18.8. The summed E-state index contributed by atoms with van der Waals surface area (Å²) in [6, 6.07) is 3.21. The summed E-state index contributed by atoms with van der Waals surface area (Å²) in [6.07, 6.45) is 2.17. The van der Waals surface area contributed by atoms with Gasteiger partial charge >= 0.3 is 0 Å². The fourth-order valence-electron chi connectivity index (χ4n) is 3.70. The van der Waals surface area contributed by atoms with Crippen LogP contribution in [0.5, 0.6) is 0 Å². The number of halogens is 3. The van der Waals surface area contributed by atoms with Gasteiger partial charge in [-0.3, -0.25) is 9.59 Å². The number of benzene rings is 1. The molecule has 2 N–H and O–H groups in total. The number of nitrogens with two attached hydrogens (primary N) is 1. The van der Waals surface area contributed by atoms with Crippen molar-refractivity contribution in [3.8, 4) is 0 Å². The maximum absolute atomic E-state index is 13.1. The number of ketones is 1. The molecule has 0 spiro atoms. The molecule has 3 atom stereocenters. The molecule has 7 heteroatoms. The Morgan fingerprint density at radius 1 is 1.12 bits per heavy atom. The Labute approximate surface area is 145 Å². The summed E-state index contributed by atoms with van der Waals surface area (Å²) in [6.45, 7) is 1.39. The van der Waals surface area contributed by atoms with Gasteiger partial charge in [0, 0.05) is 37.5 Å². The van der Waals surface area contributed by atoms with E-state index in [1.165, 1.54) is 6.07 Å². The van der Waals surface area contributed by atoms with Gasteiger partial charge in [0.25, 0.3) is 0 Å². The summed E-state index contributed by atoms with van der Waals surface area (Å²) in [5.41, 5.74) is 6.14. The first-order chi connectivity index (χ1) is 11.0. The van der Waals surface area contributed by atoms with Crippen LogP contribution in [0.25, 0.3) is 0 Å². The lowest BCUT2D eigenvalue weighted by Gasteiger charge is -2.18. The van der Waals surface area contributed by atoms with Gasteiger partial charge in [-0.05, 0) is 42.9 Å². The molecule has 3 rings (SSSR count). The van der Waals surface area contributed by atoms with Crippen LogP contribution < -0.4 is 5.73 Å². The number of carbonyl (C=O) groups is 2. The summed E-state index contributed by atoms with van der Waals surface area (Å²) in [7, 11) is 0. The van der Waals surface area contributed by atoms with Crippen molar-refractivity contribution < 1.29 is 18.4 Å².